The van der Waals surface area contributed by atoms with Crippen molar-refractivity contribution in [1.82, 2.24) is 14.7 Å². The Bertz CT molecular complexity index is 293. The number of nitrogens with zero attached hydrogens (tertiary/aromatic N) is 3. The predicted molar refractivity (Wildman–Crippen MR) is 48.6 cm³/mol. The summed E-state index contributed by atoms with van der Waals surface area (Å²) in [7, 11) is 4.00. The van der Waals surface area contributed by atoms with Gasteiger partial charge < -0.3 is 0 Å². The van der Waals surface area contributed by atoms with Gasteiger partial charge in [-0.15, -0.1) is 6.42 Å². The monoisotopic (exact) mass is 163 g/mol. The van der Waals surface area contributed by atoms with E-state index in [-0.39, 0.29) is 6.17 Å². The Hall–Kier alpha value is -1.27. The molecule has 0 bridgehead atoms. The second-order valence-corrected chi connectivity index (χ2v) is 2.95. The lowest BCUT2D eigenvalue weighted by Crippen LogP contribution is -2.23. The average Bonchev–Trinajstić information content (AvgIpc) is 2.50. The largest absolute Gasteiger partial charge is 0.288 e. The third kappa shape index (κ3) is 1.66. The second-order valence-electron chi connectivity index (χ2n) is 2.95. The van der Waals surface area contributed by atoms with Gasteiger partial charge >= 0.3 is 0 Å². The number of terminal acetylenes is 1. The second kappa shape index (κ2) is 3.42. The standard InChI is InChI=1S/C9H13N3/c1-5-9-6-10-12(7-9)8(2)11(3)4/h1,6-8H,2-4H3. The number of aromatic nitrogens is 2. The van der Waals surface area contributed by atoms with Crippen LogP contribution < -0.4 is 0 Å². The van der Waals surface area contributed by atoms with E-state index in [4.69, 9.17) is 6.42 Å². The van der Waals surface area contributed by atoms with Gasteiger partial charge in [0, 0.05) is 6.20 Å². The Labute approximate surface area is 73.0 Å². The van der Waals surface area contributed by atoms with Crippen LogP contribution in [-0.4, -0.2) is 28.8 Å². The highest BCUT2D eigenvalue weighted by Crippen LogP contribution is 2.07. The summed E-state index contributed by atoms with van der Waals surface area (Å²) in [6.07, 6.45) is 9.03. The molecule has 1 atom stereocenters. The van der Waals surface area contributed by atoms with Crippen LogP contribution in [0.25, 0.3) is 0 Å². The molecule has 0 aromatic carbocycles. The normalized spacial score (nSPS) is 12.9. The van der Waals surface area contributed by atoms with Gasteiger partial charge in [-0.3, -0.25) is 9.58 Å². The molecule has 0 amide bonds. The third-order valence-corrected chi connectivity index (χ3v) is 1.90. The molecule has 1 aromatic heterocycles. The van der Waals surface area contributed by atoms with Gasteiger partial charge in [-0.2, -0.15) is 5.10 Å². The van der Waals surface area contributed by atoms with Crippen LogP contribution in [0.3, 0.4) is 0 Å². The summed E-state index contributed by atoms with van der Waals surface area (Å²) in [6.45, 7) is 2.06. The Morgan fingerprint density at radius 2 is 2.33 bits per heavy atom. The minimum atomic E-state index is 0.243. The van der Waals surface area contributed by atoms with Crippen LogP contribution in [0.15, 0.2) is 12.4 Å². The SMILES string of the molecule is C#Cc1cnn(C(C)N(C)C)c1. The molecule has 12 heavy (non-hydrogen) atoms. The highest BCUT2D eigenvalue weighted by molar-refractivity contribution is 5.26. The van der Waals surface area contributed by atoms with Crippen molar-refractivity contribution in [2.45, 2.75) is 13.1 Å². The minimum Gasteiger partial charge on any atom is -0.288 e. The molecule has 1 heterocycles. The topological polar surface area (TPSA) is 21.1 Å². The lowest BCUT2D eigenvalue weighted by atomic mass is 10.4. The first-order chi connectivity index (χ1) is 5.65. The lowest BCUT2D eigenvalue weighted by Gasteiger charge is -2.19. The summed E-state index contributed by atoms with van der Waals surface area (Å²) in [6, 6.07) is 0. The maximum atomic E-state index is 5.22. The molecule has 64 valence electrons. The highest BCUT2D eigenvalue weighted by Gasteiger charge is 2.06. The van der Waals surface area contributed by atoms with Crippen molar-refractivity contribution in [3.8, 4) is 12.3 Å². The highest BCUT2D eigenvalue weighted by atomic mass is 15.4. The van der Waals surface area contributed by atoms with E-state index in [1.54, 1.807) is 6.20 Å². The van der Waals surface area contributed by atoms with Crippen molar-refractivity contribution in [2.24, 2.45) is 0 Å². The van der Waals surface area contributed by atoms with Crippen LogP contribution >= 0.6 is 0 Å². The molecule has 0 saturated heterocycles. The van der Waals surface area contributed by atoms with E-state index in [2.05, 4.69) is 22.8 Å². The lowest BCUT2D eigenvalue weighted by molar-refractivity contribution is 0.220. The summed E-state index contributed by atoms with van der Waals surface area (Å²) < 4.78 is 1.84. The molecule has 0 aliphatic heterocycles. The molecule has 3 heteroatoms. The van der Waals surface area contributed by atoms with Crippen molar-refractivity contribution < 1.29 is 0 Å². The number of rotatable bonds is 2. The van der Waals surface area contributed by atoms with Gasteiger partial charge in [0.2, 0.25) is 0 Å². The van der Waals surface area contributed by atoms with E-state index < -0.39 is 0 Å². The molecule has 0 N–H and O–H groups in total. The zero-order valence-electron chi connectivity index (χ0n) is 7.65. The summed E-state index contributed by atoms with van der Waals surface area (Å²) in [5, 5.41) is 4.14. The van der Waals surface area contributed by atoms with Gasteiger partial charge in [-0.05, 0) is 21.0 Å². The maximum absolute atomic E-state index is 5.22. The molecule has 1 aromatic rings. The molecule has 0 aliphatic carbocycles. The molecule has 3 nitrogen and oxygen atoms in total. The van der Waals surface area contributed by atoms with E-state index in [9.17, 15) is 0 Å². The smallest absolute Gasteiger partial charge is 0.100 e. The maximum Gasteiger partial charge on any atom is 0.100 e. The van der Waals surface area contributed by atoms with Gasteiger partial charge in [0.1, 0.15) is 6.17 Å². The molecule has 0 spiro atoms. The predicted octanol–water partition coefficient (Wildman–Crippen LogP) is 0.945. The van der Waals surface area contributed by atoms with Crippen molar-refractivity contribution in [3.63, 3.8) is 0 Å². The quantitative estimate of drug-likeness (QED) is 0.605. The van der Waals surface area contributed by atoms with Crippen LogP contribution in [0.1, 0.15) is 18.7 Å². The molecule has 0 fully saturated rings. The molecule has 0 radical (unpaired) electrons. The summed E-state index contributed by atoms with van der Waals surface area (Å²) in [4.78, 5) is 2.06. The summed E-state index contributed by atoms with van der Waals surface area (Å²) in [5.41, 5.74) is 0.823. The van der Waals surface area contributed by atoms with Crippen LogP contribution in [0, 0.1) is 12.3 Å². The van der Waals surface area contributed by atoms with Crippen LogP contribution in [-0.2, 0) is 0 Å². The van der Waals surface area contributed by atoms with Crippen molar-refractivity contribution in [2.75, 3.05) is 14.1 Å². The van der Waals surface area contributed by atoms with Gasteiger partial charge in [-0.25, -0.2) is 0 Å². The molecule has 0 saturated carbocycles. The first kappa shape index (κ1) is 8.82. The fourth-order valence-electron chi connectivity index (χ4n) is 0.854. The van der Waals surface area contributed by atoms with Crippen LogP contribution in [0.2, 0.25) is 0 Å². The zero-order valence-corrected chi connectivity index (χ0v) is 7.65. The van der Waals surface area contributed by atoms with E-state index in [1.165, 1.54) is 0 Å². The number of hydrogen-bond acceptors (Lipinski definition) is 2. The summed E-state index contributed by atoms with van der Waals surface area (Å²) >= 11 is 0. The van der Waals surface area contributed by atoms with E-state index in [0.29, 0.717) is 0 Å². The van der Waals surface area contributed by atoms with Crippen molar-refractivity contribution in [3.05, 3.63) is 18.0 Å². The zero-order chi connectivity index (χ0) is 9.14. The van der Waals surface area contributed by atoms with Gasteiger partial charge in [-0.1, -0.05) is 5.92 Å². The Morgan fingerprint density at radius 1 is 1.67 bits per heavy atom. The van der Waals surface area contributed by atoms with E-state index in [0.717, 1.165) is 5.56 Å². The van der Waals surface area contributed by atoms with Gasteiger partial charge in [0.05, 0.1) is 11.8 Å². The van der Waals surface area contributed by atoms with Crippen LogP contribution in [0.5, 0.6) is 0 Å². The summed E-state index contributed by atoms with van der Waals surface area (Å²) in [5.74, 6) is 2.54. The van der Waals surface area contributed by atoms with E-state index >= 15 is 0 Å². The molecular weight excluding hydrogens is 150 g/mol. The molecular formula is C9H13N3. The Morgan fingerprint density at radius 3 is 2.75 bits per heavy atom. The minimum absolute atomic E-state index is 0.243. The first-order valence-corrected chi connectivity index (χ1v) is 3.82. The van der Waals surface area contributed by atoms with Gasteiger partial charge in [0.25, 0.3) is 0 Å². The third-order valence-electron chi connectivity index (χ3n) is 1.90. The fraction of sp³-hybridized carbons (Fsp3) is 0.444. The van der Waals surface area contributed by atoms with Crippen molar-refractivity contribution in [1.29, 1.82) is 0 Å². The van der Waals surface area contributed by atoms with Crippen LogP contribution in [0.4, 0.5) is 0 Å². The molecule has 1 unspecified atom stereocenters. The van der Waals surface area contributed by atoms with Crippen molar-refractivity contribution >= 4 is 0 Å². The number of hydrogen-bond donors (Lipinski definition) is 0. The Balaban J connectivity index is 2.83. The molecule has 1 rings (SSSR count). The average molecular weight is 163 g/mol. The van der Waals surface area contributed by atoms with Gasteiger partial charge in [0.15, 0.2) is 0 Å². The van der Waals surface area contributed by atoms with E-state index in [1.807, 2.05) is 25.0 Å². The first-order valence-electron chi connectivity index (χ1n) is 3.82. The fourth-order valence-corrected chi connectivity index (χ4v) is 0.854. The Kier molecular flexibility index (Phi) is 2.51. The molecule has 0 aliphatic rings.